The molecule has 1 fully saturated rings. The van der Waals surface area contributed by atoms with Crippen molar-refractivity contribution in [1.82, 2.24) is 9.80 Å². The van der Waals surface area contributed by atoms with E-state index >= 15 is 0 Å². The number of halogens is 3. The van der Waals surface area contributed by atoms with Crippen molar-refractivity contribution in [3.63, 3.8) is 0 Å². The van der Waals surface area contributed by atoms with Crippen LogP contribution in [0.2, 0.25) is 10.0 Å². The highest BCUT2D eigenvalue weighted by Gasteiger charge is 2.23. The second-order valence-electron chi connectivity index (χ2n) is 5.82. The van der Waals surface area contributed by atoms with Crippen molar-refractivity contribution in [3.05, 3.63) is 69.5 Å². The molecule has 2 aromatic carbocycles. The Morgan fingerprint density at radius 3 is 2.25 bits per heavy atom. The predicted octanol–water partition coefficient (Wildman–Crippen LogP) is 4.09. The largest absolute Gasteiger partial charge is 0.336 e. The van der Waals surface area contributed by atoms with Crippen LogP contribution in [-0.4, -0.2) is 41.9 Å². The molecule has 126 valence electrons. The van der Waals surface area contributed by atoms with Crippen LogP contribution < -0.4 is 0 Å². The lowest BCUT2D eigenvalue weighted by molar-refractivity contribution is 0.0627. The first-order valence-electron chi connectivity index (χ1n) is 7.74. The zero-order valence-electron chi connectivity index (χ0n) is 13.0. The summed E-state index contributed by atoms with van der Waals surface area (Å²) < 4.78 is 13.7. The number of hydrogen-bond donors (Lipinski definition) is 0. The van der Waals surface area contributed by atoms with Crippen LogP contribution in [0.1, 0.15) is 15.9 Å². The predicted molar refractivity (Wildman–Crippen MR) is 94.0 cm³/mol. The number of hydrogen-bond acceptors (Lipinski definition) is 2. The Labute approximate surface area is 150 Å². The van der Waals surface area contributed by atoms with Gasteiger partial charge >= 0.3 is 0 Å². The third-order valence-electron chi connectivity index (χ3n) is 4.12. The molecule has 1 saturated heterocycles. The normalized spacial score (nSPS) is 15.5. The summed E-state index contributed by atoms with van der Waals surface area (Å²) in [5.74, 6) is -0.269. The first-order chi connectivity index (χ1) is 11.5. The molecule has 1 amide bonds. The van der Waals surface area contributed by atoms with Gasteiger partial charge in [-0.3, -0.25) is 9.69 Å². The molecule has 2 aromatic rings. The van der Waals surface area contributed by atoms with E-state index in [1.807, 2.05) is 6.07 Å². The van der Waals surface area contributed by atoms with Crippen LogP contribution in [0, 0.1) is 5.82 Å². The quantitative estimate of drug-likeness (QED) is 0.816. The molecule has 0 aromatic heterocycles. The monoisotopic (exact) mass is 366 g/mol. The number of amides is 1. The molecule has 24 heavy (non-hydrogen) atoms. The molecule has 3 rings (SSSR count). The third-order valence-corrected chi connectivity index (χ3v) is 4.56. The molecule has 0 radical (unpaired) electrons. The molecule has 0 atom stereocenters. The standard InChI is InChI=1S/C18H17Cl2FN2O/c19-15-9-14(10-16(20)11-15)18(24)23-7-5-22(6-8-23)12-13-3-1-2-4-17(13)21/h1-4,9-11H,5-8,12H2. The number of piperazine rings is 1. The van der Waals surface area contributed by atoms with Gasteiger partial charge < -0.3 is 4.90 Å². The van der Waals surface area contributed by atoms with Gasteiger partial charge in [0, 0.05) is 53.9 Å². The van der Waals surface area contributed by atoms with Crippen molar-refractivity contribution in [3.8, 4) is 0 Å². The fraction of sp³-hybridized carbons (Fsp3) is 0.278. The summed E-state index contributed by atoms with van der Waals surface area (Å²) in [7, 11) is 0. The summed E-state index contributed by atoms with van der Waals surface area (Å²) >= 11 is 11.9. The maximum Gasteiger partial charge on any atom is 0.254 e. The Morgan fingerprint density at radius 2 is 1.62 bits per heavy atom. The van der Waals surface area contributed by atoms with Gasteiger partial charge in [-0.25, -0.2) is 4.39 Å². The molecule has 0 aliphatic carbocycles. The van der Waals surface area contributed by atoms with E-state index < -0.39 is 0 Å². The van der Waals surface area contributed by atoms with Crippen LogP contribution in [-0.2, 0) is 6.54 Å². The van der Waals surface area contributed by atoms with E-state index in [-0.39, 0.29) is 11.7 Å². The lowest BCUT2D eigenvalue weighted by Gasteiger charge is -2.34. The summed E-state index contributed by atoms with van der Waals surface area (Å²) in [5.41, 5.74) is 1.17. The Balaban J connectivity index is 1.60. The Kier molecular flexibility index (Phi) is 5.39. The minimum Gasteiger partial charge on any atom is -0.336 e. The summed E-state index contributed by atoms with van der Waals surface area (Å²) in [6, 6.07) is 11.6. The molecule has 3 nitrogen and oxygen atoms in total. The lowest BCUT2D eigenvalue weighted by atomic mass is 10.1. The molecule has 1 aliphatic heterocycles. The first-order valence-corrected chi connectivity index (χ1v) is 8.49. The fourth-order valence-electron chi connectivity index (χ4n) is 2.84. The van der Waals surface area contributed by atoms with Crippen molar-refractivity contribution >= 4 is 29.1 Å². The van der Waals surface area contributed by atoms with Gasteiger partial charge in [0.05, 0.1) is 0 Å². The minimum atomic E-state index is -0.190. The molecule has 0 spiro atoms. The van der Waals surface area contributed by atoms with Crippen LogP contribution in [0.25, 0.3) is 0 Å². The van der Waals surface area contributed by atoms with Gasteiger partial charge in [-0.15, -0.1) is 0 Å². The smallest absolute Gasteiger partial charge is 0.254 e. The van der Waals surface area contributed by atoms with Crippen LogP contribution in [0.4, 0.5) is 4.39 Å². The highest BCUT2D eigenvalue weighted by atomic mass is 35.5. The molecule has 0 bridgehead atoms. The highest BCUT2D eigenvalue weighted by molar-refractivity contribution is 6.35. The van der Waals surface area contributed by atoms with Crippen molar-refractivity contribution in [2.45, 2.75) is 6.54 Å². The van der Waals surface area contributed by atoms with E-state index in [1.54, 1.807) is 35.2 Å². The molecule has 0 N–H and O–H groups in total. The second kappa shape index (κ2) is 7.51. The van der Waals surface area contributed by atoms with Gasteiger partial charge in [-0.1, -0.05) is 41.4 Å². The van der Waals surface area contributed by atoms with E-state index in [1.165, 1.54) is 6.07 Å². The lowest BCUT2D eigenvalue weighted by Crippen LogP contribution is -2.48. The maximum absolute atomic E-state index is 13.7. The SMILES string of the molecule is O=C(c1cc(Cl)cc(Cl)c1)N1CCN(Cc2ccccc2F)CC1. The van der Waals surface area contributed by atoms with E-state index in [4.69, 9.17) is 23.2 Å². The summed E-state index contributed by atoms with van der Waals surface area (Å²) in [4.78, 5) is 16.5. The average molecular weight is 367 g/mol. The number of carbonyl (C=O) groups excluding carboxylic acids is 1. The molecule has 1 heterocycles. The second-order valence-corrected chi connectivity index (χ2v) is 6.69. The first kappa shape index (κ1) is 17.2. The van der Waals surface area contributed by atoms with Crippen LogP contribution in [0.5, 0.6) is 0 Å². The molecular weight excluding hydrogens is 350 g/mol. The molecule has 0 saturated carbocycles. The van der Waals surface area contributed by atoms with Crippen molar-refractivity contribution < 1.29 is 9.18 Å². The van der Waals surface area contributed by atoms with Crippen molar-refractivity contribution in [2.24, 2.45) is 0 Å². The third kappa shape index (κ3) is 4.07. The van der Waals surface area contributed by atoms with Gasteiger partial charge in [-0.05, 0) is 24.3 Å². The number of rotatable bonds is 3. The topological polar surface area (TPSA) is 23.6 Å². The molecule has 1 aliphatic rings. The zero-order chi connectivity index (χ0) is 17.1. The van der Waals surface area contributed by atoms with Gasteiger partial charge in [0.25, 0.3) is 5.91 Å². The van der Waals surface area contributed by atoms with Crippen LogP contribution in [0.3, 0.4) is 0 Å². The number of carbonyl (C=O) groups is 1. The Morgan fingerprint density at radius 1 is 1.00 bits per heavy atom. The highest BCUT2D eigenvalue weighted by Crippen LogP contribution is 2.21. The minimum absolute atomic E-state index is 0.0788. The van der Waals surface area contributed by atoms with Crippen LogP contribution >= 0.6 is 23.2 Å². The maximum atomic E-state index is 13.7. The van der Waals surface area contributed by atoms with Gasteiger partial charge in [0.1, 0.15) is 5.82 Å². The summed E-state index contributed by atoms with van der Waals surface area (Å²) in [6.45, 7) is 3.15. The van der Waals surface area contributed by atoms with Gasteiger partial charge in [-0.2, -0.15) is 0 Å². The fourth-order valence-corrected chi connectivity index (χ4v) is 3.36. The zero-order valence-corrected chi connectivity index (χ0v) is 14.5. The summed E-state index contributed by atoms with van der Waals surface area (Å²) in [5, 5.41) is 0.896. The van der Waals surface area contributed by atoms with E-state index in [0.717, 1.165) is 0 Å². The molecule has 6 heteroatoms. The van der Waals surface area contributed by atoms with Gasteiger partial charge in [0.15, 0.2) is 0 Å². The van der Waals surface area contributed by atoms with Gasteiger partial charge in [0.2, 0.25) is 0 Å². The molecule has 0 unspecified atom stereocenters. The summed E-state index contributed by atoms with van der Waals surface area (Å²) in [6.07, 6.45) is 0. The van der Waals surface area contributed by atoms with Crippen LogP contribution in [0.15, 0.2) is 42.5 Å². The number of nitrogens with zero attached hydrogens (tertiary/aromatic N) is 2. The van der Waals surface area contributed by atoms with Crippen molar-refractivity contribution in [1.29, 1.82) is 0 Å². The van der Waals surface area contributed by atoms with E-state index in [0.29, 0.717) is 53.9 Å². The Hall–Kier alpha value is -1.62. The number of benzene rings is 2. The average Bonchev–Trinajstić information content (AvgIpc) is 2.56. The van der Waals surface area contributed by atoms with E-state index in [9.17, 15) is 9.18 Å². The Bertz CT molecular complexity index is 725. The van der Waals surface area contributed by atoms with E-state index in [2.05, 4.69) is 4.90 Å². The van der Waals surface area contributed by atoms with Crippen molar-refractivity contribution in [2.75, 3.05) is 26.2 Å². The molecular formula is C18H17Cl2FN2O.